The van der Waals surface area contributed by atoms with E-state index in [-0.39, 0.29) is 11.4 Å². The summed E-state index contributed by atoms with van der Waals surface area (Å²) in [5, 5.41) is 10.7. The van der Waals surface area contributed by atoms with Crippen LogP contribution in [0.1, 0.15) is 37.8 Å². The molecule has 1 N–H and O–H groups in total. The van der Waals surface area contributed by atoms with Crippen molar-refractivity contribution in [2.75, 3.05) is 6.61 Å². The second-order valence-electron chi connectivity index (χ2n) is 5.53. The number of aryl methyl sites for hydroxylation is 1. The third-order valence-electron chi connectivity index (χ3n) is 3.43. The van der Waals surface area contributed by atoms with Gasteiger partial charge in [0.15, 0.2) is 0 Å². The van der Waals surface area contributed by atoms with Gasteiger partial charge in [-0.2, -0.15) is 0 Å². The third-order valence-corrected chi connectivity index (χ3v) is 3.43. The van der Waals surface area contributed by atoms with E-state index in [0.717, 1.165) is 5.56 Å². The Morgan fingerprint density at radius 1 is 1.35 bits per heavy atom. The smallest absolute Gasteiger partial charge is 0.123 e. The highest BCUT2D eigenvalue weighted by atomic mass is 19.1. The zero-order valence-electron chi connectivity index (χ0n) is 10.6. The number of ether oxygens (including phenoxy) is 1. The van der Waals surface area contributed by atoms with Crippen molar-refractivity contribution in [2.24, 2.45) is 0 Å². The van der Waals surface area contributed by atoms with Gasteiger partial charge in [0.25, 0.3) is 0 Å². The largest absolute Gasteiger partial charge is 0.385 e. The first-order chi connectivity index (χ1) is 7.82. The SMILES string of the molecule is Cc1ccc(F)cc1C1(O)CCOC(C)(C)C1. The average molecular weight is 238 g/mol. The predicted octanol–water partition coefficient (Wildman–Crippen LogP) is 2.91. The van der Waals surface area contributed by atoms with Crippen LogP contribution in [0.4, 0.5) is 4.39 Å². The minimum atomic E-state index is -0.978. The van der Waals surface area contributed by atoms with Gasteiger partial charge in [0.05, 0.1) is 17.8 Å². The van der Waals surface area contributed by atoms with E-state index in [9.17, 15) is 9.50 Å². The zero-order chi connectivity index (χ0) is 12.7. The molecule has 1 aromatic carbocycles. The van der Waals surface area contributed by atoms with E-state index in [1.165, 1.54) is 12.1 Å². The van der Waals surface area contributed by atoms with Crippen molar-refractivity contribution >= 4 is 0 Å². The topological polar surface area (TPSA) is 29.5 Å². The van der Waals surface area contributed by atoms with Crippen LogP contribution in [-0.4, -0.2) is 17.3 Å². The molecule has 3 heteroatoms. The van der Waals surface area contributed by atoms with E-state index in [2.05, 4.69) is 0 Å². The highest BCUT2D eigenvalue weighted by Crippen LogP contribution is 2.40. The van der Waals surface area contributed by atoms with E-state index in [4.69, 9.17) is 4.74 Å². The summed E-state index contributed by atoms with van der Waals surface area (Å²) in [4.78, 5) is 0. The van der Waals surface area contributed by atoms with Crippen LogP contribution in [0, 0.1) is 12.7 Å². The molecule has 1 saturated heterocycles. The fourth-order valence-electron chi connectivity index (χ4n) is 2.67. The van der Waals surface area contributed by atoms with Crippen molar-refractivity contribution in [3.05, 3.63) is 35.1 Å². The molecular formula is C14H19FO2. The molecule has 1 aromatic rings. The molecule has 0 spiro atoms. The van der Waals surface area contributed by atoms with Crippen LogP contribution >= 0.6 is 0 Å². The molecule has 2 rings (SSSR count). The maximum atomic E-state index is 13.3. The Kier molecular flexibility index (Phi) is 3.00. The summed E-state index contributed by atoms with van der Waals surface area (Å²) < 4.78 is 18.9. The van der Waals surface area contributed by atoms with Crippen LogP contribution in [0.2, 0.25) is 0 Å². The van der Waals surface area contributed by atoms with Gasteiger partial charge in [0.1, 0.15) is 5.82 Å². The lowest BCUT2D eigenvalue weighted by Crippen LogP contribution is -2.44. The first-order valence-electron chi connectivity index (χ1n) is 5.95. The molecule has 1 fully saturated rings. The Balaban J connectivity index is 2.40. The van der Waals surface area contributed by atoms with Gasteiger partial charge < -0.3 is 9.84 Å². The maximum absolute atomic E-state index is 13.3. The molecule has 1 heterocycles. The molecule has 0 amide bonds. The van der Waals surface area contributed by atoms with Gasteiger partial charge in [-0.25, -0.2) is 4.39 Å². The Morgan fingerprint density at radius 2 is 2.06 bits per heavy atom. The molecule has 17 heavy (non-hydrogen) atoms. The summed E-state index contributed by atoms with van der Waals surface area (Å²) in [6, 6.07) is 4.58. The fourth-order valence-corrected chi connectivity index (χ4v) is 2.67. The van der Waals surface area contributed by atoms with Crippen molar-refractivity contribution in [3.63, 3.8) is 0 Å². The van der Waals surface area contributed by atoms with Crippen LogP contribution in [0.25, 0.3) is 0 Å². The summed E-state index contributed by atoms with van der Waals surface area (Å²) in [6.45, 7) is 6.30. The first kappa shape index (κ1) is 12.5. The Bertz CT molecular complexity index is 428. The lowest BCUT2D eigenvalue weighted by Gasteiger charge is -2.42. The summed E-state index contributed by atoms with van der Waals surface area (Å²) in [5.74, 6) is -0.302. The molecular weight excluding hydrogens is 219 g/mol. The lowest BCUT2D eigenvalue weighted by atomic mass is 9.78. The fraction of sp³-hybridized carbons (Fsp3) is 0.571. The number of benzene rings is 1. The molecule has 0 radical (unpaired) electrons. The van der Waals surface area contributed by atoms with E-state index in [0.29, 0.717) is 25.0 Å². The summed E-state index contributed by atoms with van der Waals surface area (Å²) in [6.07, 6.45) is 1.00. The van der Waals surface area contributed by atoms with Gasteiger partial charge in [-0.1, -0.05) is 6.07 Å². The third kappa shape index (κ3) is 2.50. The molecule has 2 nitrogen and oxygen atoms in total. The predicted molar refractivity (Wildman–Crippen MR) is 64.3 cm³/mol. The monoisotopic (exact) mass is 238 g/mol. The van der Waals surface area contributed by atoms with Gasteiger partial charge >= 0.3 is 0 Å². The van der Waals surface area contributed by atoms with Crippen LogP contribution in [0.15, 0.2) is 18.2 Å². The first-order valence-corrected chi connectivity index (χ1v) is 5.95. The Hall–Kier alpha value is -0.930. The normalized spacial score (nSPS) is 28.1. The average Bonchev–Trinajstić information content (AvgIpc) is 2.19. The number of halogens is 1. The van der Waals surface area contributed by atoms with Crippen molar-refractivity contribution in [3.8, 4) is 0 Å². The quantitative estimate of drug-likeness (QED) is 0.815. The van der Waals surface area contributed by atoms with Gasteiger partial charge in [0.2, 0.25) is 0 Å². The number of hydrogen-bond donors (Lipinski definition) is 1. The number of hydrogen-bond acceptors (Lipinski definition) is 2. The molecule has 1 atom stereocenters. The molecule has 1 unspecified atom stereocenters. The highest BCUT2D eigenvalue weighted by molar-refractivity contribution is 5.32. The maximum Gasteiger partial charge on any atom is 0.123 e. The van der Waals surface area contributed by atoms with E-state index < -0.39 is 5.60 Å². The van der Waals surface area contributed by atoms with Crippen molar-refractivity contribution in [1.82, 2.24) is 0 Å². The molecule has 0 aliphatic carbocycles. The molecule has 1 aliphatic heterocycles. The molecule has 0 saturated carbocycles. The van der Waals surface area contributed by atoms with E-state index in [1.807, 2.05) is 20.8 Å². The minimum absolute atomic E-state index is 0.302. The zero-order valence-corrected chi connectivity index (χ0v) is 10.6. The van der Waals surface area contributed by atoms with Crippen LogP contribution < -0.4 is 0 Å². The van der Waals surface area contributed by atoms with E-state index in [1.54, 1.807) is 6.07 Å². The van der Waals surface area contributed by atoms with Crippen molar-refractivity contribution in [2.45, 2.75) is 44.8 Å². The molecule has 0 aromatic heterocycles. The van der Waals surface area contributed by atoms with E-state index >= 15 is 0 Å². The molecule has 1 aliphatic rings. The van der Waals surface area contributed by atoms with Crippen molar-refractivity contribution in [1.29, 1.82) is 0 Å². The Labute approximate surface area is 101 Å². The summed E-state index contributed by atoms with van der Waals surface area (Å²) in [7, 11) is 0. The van der Waals surface area contributed by atoms with Crippen molar-refractivity contribution < 1.29 is 14.2 Å². The van der Waals surface area contributed by atoms with Crippen LogP contribution in [-0.2, 0) is 10.3 Å². The van der Waals surface area contributed by atoms with Gasteiger partial charge in [-0.05, 0) is 44.0 Å². The van der Waals surface area contributed by atoms with Gasteiger partial charge in [0, 0.05) is 12.8 Å². The minimum Gasteiger partial charge on any atom is -0.385 e. The van der Waals surface area contributed by atoms with Gasteiger partial charge in [-0.3, -0.25) is 0 Å². The number of aliphatic hydroxyl groups is 1. The van der Waals surface area contributed by atoms with Gasteiger partial charge in [-0.15, -0.1) is 0 Å². The summed E-state index contributed by atoms with van der Waals surface area (Å²) in [5.41, 5.74) is 0.264. The van der Waals surface area contributed by atoms with Crippen LogP contribution in [0.5, 0.6) is 0 Å². The second kappa shape index (κ2) is 4.07. The second-order valence-corrected chi connectivity index (χ2v) is 5.53. The Morgan fingerprint density at radius 3 is 2.71 bits per heavy atom. The lowest BCUT2D eigenvalue weighted by molar-refractivity contribution is -0.148. The standard InChI is InChI=1S/C14H19FO2/c1-10-4-5-11(15)8-12(10)14(16)6-7-17-13(2,3)9-14/h4-5,8,16H,6-7,9H2,1-3H3. The summed E-state index contributed by atoms with van der Waals surface area (Å²) >= 11 is 0. The molecule has 94 valence electrons. The number of rotatable bonds is 1. The van der Waals surface area contributed by atoms with Crippen LogP contribution in [0.3, 0.4) is 0 Å². The highest BCUT2D eigenvalue weighted by Gasteiger charge is 2.41. The molecule has 0 bridgehead atoms.